The molecular formula is C16H31N3O4. The van der Waals surface area contributed by atoms with Crippen LogP contribution in [0.25, 0.3) is 0 Å². The van der Waals surface area contributed by atoms with Gasteiger partial charge in [0.05, 0.1) is 12.7 Å². The van der Waals surface area contributed by atoms with Crippen molar-refractivity contribution >= 4 is 12.0 Å². The fourth-order valence-corrected chi connectivity index (χ4v) is 1.32. The minimum absolute atomic E-state index is 0.0216. The van der Waals surface area contributed by atoms with Crippen molar-refractivity contribution in [3.8, 4) is 0 Å². The molecule has 0 aliphatic carbocycles. The molecule has 1 amide bonds. The summed E-state index contributed by atoms with van der Waals surface area (Å²) in [5, 5.41) is 13.2. The Kier molecular flexibility index (Phi) is 7.09. The van der Waals surface area contributed by atoms with Crippen molar-refractivity contribution in [2.75, 3.05) is 13.7 Å². The number of nitrogens with one attached hydrogen (secondary N) is 1. The monoisotopic (exact) mass is 329 g/mol. The second kappa shape index (κ2) is 7.68. The van der Waals surface area contributed by atoms with E-state index >= 15 is 0 Å². The molecule has 0 saturated carbocycles. The molecule has 7 heteroatoms. The van der Waals surface area contributed by atoms with Crippen LogP contribution in [0.15, 0.2) is 16.9 Å². The number of amides is 1. The molecule has 0 unspecified atom stereocenters. The number of nitrogens with two attached hydrogens (primary N) is 1. The zero-order valence-electron chi connectivity index (χ0n) is 15.5. The second-order valence-corrected chi connectivity index (χ2v) is 7.48. The van der Waals surface area contributed by atoms with E-state index in [-0.39, 0.29) is 5.90 Å². The van der Waals surface area contributed by atoms with E-state index in [1.165, 1.54) is 13.3 Å². The van der Waals surface area contributed by atoms with Crippen molar-refractivity contribution in [1.82, 2.24) is 5.32 Å². The minimum Gasteiger partial charge on any atom is -0.479 e. The molecule has 0 bridgehead atoms. The van der Waals surface area contributed by atoms with E-state index in [9.17, 15) is 9.90 Å². The fourth-order valence-electron chi connectivity index (χ4n) is 1.32. The van der Waals surface area contributed by atoms with Gasteiger partial charge in [-0.1, -0.05) is 13.8 Å². The third kappa shape index (κ3) is 7.36. The van der Waals surface area contributed by atoms with Crippen molar-refractivity contribution in [3.05, 3.63) is 11.9 Å². The van der Waals surface area contributed by atoms with Gasteiger partial charge in [-0.25, -0.2) is 4.79 Å². The maximum atomic E-state index is 11.8. The number of hydrogen-bond acceptors (Lipinski definition) is 6. The number of methoxy groups -OCH3 is 1. The molecule has 0 saturated heterocycles. The van der Waals surface area contributed by atoms with E-state index in [4.69, 9.17) is 15.2 Å². The number of nitrogens with zero attached hydrogens (tertiary/aromatic N) is 1. The second-order valence-electron chi connectivity index (χ2n) is 7.48. The summed E-state index contributed by atoms with van der Waals surface area (Å²) in [4.78, 5) is 15.6. The highest BCUT2D eigenvalue weighted by Crippen LogP contribution is 2.29. The highest BCUT2D eigenvalue weighted by atomic mass is 16.6. The van der Waals surface area contributed by atoms with Crippen LogP contribution >= 0.6 is 0 Å². The van der Waals surface area contributed by atoms with Gasteiger partial charge in [0.15, 0.2) is 0 Å². The lowest BCUT2D eigenvalue weighted by atomic mass is 9.77. The molecule has 0 aliphatic rings. The SMILES string of the molecule is COC(=N\C(=O)OC(C)(C)C)/C(=C\N)NCC(C)(C)C(C)(C)O. The van der Waals surface area contributed by atoms with Gasteiger partial charge in [0.25, 0.3) is 0 Å². The van der Waals surface area contributed by atoms with Crippen LogP contribution in [0.3, 0.4) is 0 Å². The maximum absolute atomic E-state index is 11.8. The highest BCUT2D eigenvalue weighted by molar-refractivity contribution is 5.99. The molecule has 4 N–H and O–H groups in total. The molecule has 134 valence electrons. The Bertz CT molecular complexity index is 469. The summed E-state index contributed by atoms with van der Waals surface area (Å²) in [6, 6.07) is 0. The molecule has 0 aromatic carbocycles. The van der Waals surface area contributed by atoms with Gasteiger partial charge in [0.2, 0.25) is 5.90 Å². The van der Waals surface area contributed by atoms with Crippen molar-refractivity contribution in [2.45, 2.75) is 59.7 Å². The Balaban J connectivity index is 5.10. The fraction of sp³-hybridized carbons (Fsp3) is 0.750. The van der Waals surface area contributed by atoms with Gasteiger partial charge in [-0.15, -0.1) is 4.99 Å². The largest absolute Gasteiger partial charge is 0.479 e. The lowest BCUT2D eigenvalue weighted by Crippen LogP contribution is -2.46. The molecule has 0 aliphatic heterocycles. The van der Waals surface area contributed by atoms with E-state index in [2.05, 4.69) is 10.3 Å². The topological polar surface area (TPSA) is 106 Å². The van der Waals surface area contributed by atoms with Gasteiger partial charge in [-0.3, -0.25) is 0 Å². The predicted molar refractivity (Wildman–Crippen MR) is 91.0 cm³/mol. The Labute approximate surface area is 138 Å². The first-order valence-corrected chi connectivity index (χ1v) is 7.47. The zero-order chi connectivity index (χ0) is 18.5. The van der Waals surface area contributed by atoms with E-state index in [0.29, 0.717) is 12.2 Å². The number of rotatable bonds is 5. The first kappa shape index (κ1) is 21.2. The number of aliphatic imine (C=N–C) groups is 1. The number of aliphatic hydroxyl groups is 1. The summed E-state index contributed by atoms with van der Waals surface area (Å²) >= 11 is 0. The standard InChI is InChI=1S/C16H31N3O4/c1-14(2,3)23-13(20)19-12(22-8)11(9-17)18-10-15(4,5)16(6,7)21/h9,18,21H,10,17H2,1-8H3/b11-9+,19-12-. The molecule has 0 fully saturated rings. The van der Waals surface area contributed by atoms with Gasteiger partial charge in [-0.2, -0.15) is 0 Å². The van der Waals surface area contributed by atoms with Crippen molar-refractivity contribution in [3.63, 3.8) is 0 Å². The lowest BCUT2D eigenvalue weighted by molar-refractivity contribution is -0.0324. The van der Waals surface area contributed by atoms with Crippen LogP contribution in [0.5, 0.6) is 0 Å². The van der Waals surface area contributed by atoms with Crippen LogP contribution in [0, 0.1) is 5.41 Å². The molecule has 0 atom stereocenters. The summed E-state index contributed by atoms with van der Waals surface area (Å²) in [5.74, 6) is 0.0216. The van der Waals surface area contributed by atoms with E-state index < -0.39 is 22.7 Å². The van der Waals surface area contributed by atoms with Gasteiger partial charge in [0.1, 0.15) is 11.3 Å². The zero-order valence-corrected chi connectivity index (χ0v) is 15.5. The molecule has 0 spiro atoms. The van der Waals surface area contributed by atoms with Gasteiger partial charge >= 0.3 is 6.09 Å². The summed E-state index contributed by atoms with van der Waals surface area (Å²) in [5.41, 5.74) is 3.92. The Hall–Kier alpha value is -1.76. The van der Waals surface area contributed by atoms with Crippen LogP contribution in [0.4, 0.5) is 4.79 Å². The average molecular weight is 329 g/mol. The maximum Gasteiger partial charge on any atom is 0.437 e. The molecule has 23 heavy (non-hydrogen) atoms. The van der Waals surface area contributed by atoms with E-state index in [1.54, 1.807) is 34.6 Å². The summed E-state index contributed by atoms with van der Waals surface area (Å²) in [6.45, 7) is 12.9. The minimum atomic E-state index is -0.907. The molecule has 0 aromatic heterocycles. The third-order valence-electron chi connectivity index (χ3n) is 3.55. The summed E-state index contributed by atoms with van der Waals surface area (Å²) in [7, 11) is 1.38. The number of ether oxygens (including phenoxy) is 2. The first-order valence-electron chi connectivity index (χ1n) is 7.47. The Morgan fingerprint density at radius 1 is 1.22 bits per heavy atom. The Morgan fingerprint density at radius 2 is 1.74 bits per heavy atom. The van der Waals surface area contributed by atoms with Crippen molar-refractivity contribution in [1.29, 1.82) is 0 Å². The molecule has 0 aromatic rings. The summed E-state index contributed by atoms with van der Waals surface area (Å²) in [6.07, 6.45) is 0.491. The van der Waals surface area contributed by atoms with Gasteiger partial charge in [0, 0.05) is 18.2 Å². The number of carbonyl (C=O) groups is 1. The number of hydrogen-bond donors (Lipinski definition) is 3. The third-order valence-corrected chi connectivity index (χ3v) is 3.55. The van der Waals surface area contributed by atoms with Crippen LogP contribution in [0.1, 0.15) is 48.5 Å². The van der Waals surface area contributed by atoms with Crippen molar-refractivity contribution < 1.29 is 19.4 Å². The van der Waals surface area contributed by atoms with E-state index in [0.717, 1.165) is 0 Å². The summed E-state index contributed by atoms with van der Waals surface area (Å²) < 4.78 is 10.2. The Morgan fingerprint density at radius 3 is 2.09 bits per heavy atom. The number of carbonyl (C=O) groups excluding carboxylic acids is 1. The van der Waals surface area contributed by atoms with Crippen LogP contribution < -0.4 is 11.1 Å². The molecule has 0 radical (unpaired) electrons. The van der Waals surface area contributed by atoms with E-state index in [1.807, 2.05) is 13.8 Å². The highest BCUT2D eigenvalue weighted by Gasteiger charge is 2.35. The average Bonchev–Trinajstić information content (AvgIpc) is 2.34. The molecule has 7 nitrogen and oxygen atoms in total. The van der Waals surface area contributed by atoms with Crippen LogP contribution in [-0.2, 0) is 9.47 Å². The van der Waals surface area contributed by atoms with Crippen LogP contribution in [-0.4, -0.2) is 42.0 Å². The predicted octanol–water partition coefficient (Wildman–Crippen LogP) is 2.15. The van der Waals surface area contributed by atoms with Gasteiger partial charge in [-0.05, 0) is 34.6 Å². The first-order chi connectivity index (χ1) is 10.2. The lowest BCUT2D eigenvalue weighted by Gasteiger charge is -2.37. The molecule has 0 heterocycles. The van der Waals surface area contributed by atoms with Crippen LogP contribution in [0.2, 0.25) is 0 Å². The van der Waals surface area contributed by atoms with Crippen molar-refractivity contribution in [2.24, 2.45) is 16.1 Å². The molecular weight excluding hydrogens is 298 g/mol. The molecule has 0 rings (SSSR count). The smallest absolute Gasteiger partial charge is 0.437 e. The quantitative estimate of drug-likeness (QED) is 0.527. The normalized spacial score (nSPS) is 14.5. The van der Waals surface area contributed by atoms with Gasteiger partial charge < -0.3 is 25.6 Å².